The zero-order chi connectivity index (χ0) is 14.5. The molecule has 1 aromatic carbocycles. The highest BCUT2D eigenvalue weighted by Crippen LogP contribution is 2.14. The van der Waals surface area contributed by atoms with Crippen LogP contribution in [-0.2, 0) is 11.2 Å². The number of benzene rings is 1. The largest absolute Gasteiger partial charge is 0.444 e. The summed E-state index contributed by atoms with van der Waals surface area (Å²) in [5.41, 5.74) is 1.47. The molecule has 0 radical (unpaired) electrons. The minimum atomic E-state index is -0.724. The van der Waals surface area contributed by atoms with E-state index in [1.807, 2.05) is 24.3 Å². The van der Waals surface area contributed by atoms with Crippen molar-refractivity contribution in [2.24, 2.45) is 0 Å². The van der Waals surface area contributed by atoms with E-state index in [9.17, 15) is 9.90 Å². The van der Waals surface area contributed by atoms with Crippen molar-refractivity contribution in [2.75, 3.05) is 6.54 Å². The number of aryl methyl sites for hydroxylation is 1. The van der Waals surface area contributed by atoms with Crippen LogP contribution in [0.4, 0.5) is 4.79 Å². The second kappa shape index (κ2) is 6.57. The smallest absolute Gasteiger partial charge is 0.407 e. The first-order valence-electron chi connectivity index (χ1n) is 6.55. The molecule has 0 heterocycles. The zero-order valence-electron chi connectivity index (χ0n) is 12.1. The van der Waals surface area contributed by atoms with Crippen LogP contribution in [0, 0.1) is 0 Å². The molecule has 19 heavy (non-hydrogen) atoms. The predicted octanol–water partition coefficient (Wildman–Crippen LogP) is 2.81. The number of carbonyl (C=O) groups is 1. The van der Waals surface area contributed by atoms with Gasteiger partial charge in [-0.2, -0.15) is 0 Å². The summed E-state index contributed by atoms with van der Waals surface area (Å²) in [6.07, 6.45) is -0.276. The number of nitrogens with one attached hydrogen (secondary N) is 1. The maximum atomic E-state index is 11.5. The van der Waals surface area contributed by atoms with Crippen LogP contribution >= 0.6 is 0 Å². The Morgan fingerprint density at radius 2 is 1.89 bits per heavy atom. The number of carbonyl (C=O) groups excluding carboxylic acids is 1. The molecule has 0 bridgehead atoms. The lowest BCUT2D eigenvalue weighted by atomic mass is 10.1. The summed E-state index contributed by atoms with van der Waals surface area (Å²) in [4.78, 5) is 11.5. The highest BCUT2D eigenvalue weighted by atomic mass is 16.6. The maximum absolute atomic E-state index is 11.5. The second-order valence-corrected chi connectivity index (χ2v) is 5.49. The SMILES string of the molecule is CCc1ccc(C(O)CNC(=O)OC(C)(C)C)cc1. The third-order valence-corrected chi connectivity index (χ3v) is 2.61. The lowest BCUT2D eigenvalue weighted by Crippen LogP contribution is -2.34. The van der Waals surface area contributed by atoms with E-state index in [0.29, 0.717) is 0 Å². The van der Waals surface area contributed by atoms with Crippen LogP contribution in [0.3, 0.4) is 0 Å². The summed E-state index contributed by atoms with van der Waals surface area (Å²) in [6.45, 7) is 7.61. The fraction of sp³-hybridized carbons (Fsp3) is 0.533. The molecule has 0 spiro atoms. The Labute approximate surface area is 114 Å². The molecule has 0 saturated heterocycles. The normalized spacial score (nSPS) is 12.9. The molecule has 1 amide bonds. The van der Waals surface area contributed by atoms with E-state index in [-0.39, 0.29) is 6.54 Å². The van der Waals surface area contributed by atoms with Crippen molar-refractivity contribution < 1.29 is 14.6 Å². The van der Waals surface area contributed by atoms with Crippen molar-refractivity contribution >= 4 is 6.09 Å². The summed E-state index contributed by atoms with van der Waals surface area (Å²) < 4.78 is 5.10. The molecule has 0 aliphatic rings. The molecular weight excluding hydrogens is 242 g/mol. The van der Waals surface area contributed by atoms with Crippen molar-refractivity contribution in [3.05, 3.63) is 35.4 Å². The lowest BCUT2D eigenvalue weighted by Gasteiger charge is -2.20. The van der Waals surface area contributed by atoms with Crippen molar-refractivity contribution in [1.82, 2.24) is 5.32 Å². The molecule has 0 aliphatic heterocycles. The van der Waals surface area contributed by atoms with Crippen molar-refractivity contribution in [1.29, 1.82) is 0 Å². The molecule has 1 aromatic rings. The molecule has 0 aliphatic carbocycles. The van der Waals surface area contributed by atoms with Crippen molar-refractivity contribution in [2.45, 2.75) is 45.8 Å². The highest BCUT2D eigenvalue weighted by molar-refractivity contribution is 5.67. The van der Waals surface area contributed by atoms with Crippen LogP contribution in [0.25, 0.3) is 0 Å². The van der Waals surface area contributed by atoms with Gasteiger partial charge in [0.15, 0.2) is 0 Å². The standard InChI is InChI=1S/C15H23NO3/c1-5-11-6-8-12(9-7-11)13(17)10-16-14(18)19-15(2,3)4/h6-9,13,17H,5,10H2,1-4H3,(H,16,18). The number of rotatable bonds is 4. The summed E-state index contributed by atoms with van der Waals surface area (Å²) in [5.74, 6) is 0. The number of hydrogen-bond acceptors (Lipinski definition) is 3. The first kappa shape index (κ1) is 15.5. The van der Waals surface area contributed by atoms with Gasteiger partial charge in [0.2, 0.25) is 0 Å². The number of aliphatic hydroxyl groups is 1. The molecule has 2 N–H and O–H groups in total. The molecule has 4 heteroatoms. The molecule has 0 aromatic heterocycles. The summed E-state index contributed by atoms with van der Waals surface area (Å²) in [7, 11) is 0. The van der Waals surface area contributed by atoms with Gasteiger partial charge in [0, 0.05) is 0 Å². The Morgan fingerprint density at radius 1 is 1.32 bits per heavy atom. The minimum absolute atomic E-state index is 0.139. The second-order valence-electron chi connectivity index (χ2n) is 5.49. The fourth-order valence-electron chi connectivity index (χ4n) is 1.59. The molecule has 1 rings (SSSR count). The van der Waals surface area contributed by atoms with Crippen LogP contribution in [0.1, 0.15) is 44.9 Å². The number of alkyl carbamates (subject to hydrolysis) is 1. The molecular formula is C15H23NO3. The van der Waals surface area contributed by atoms with Gasteiger partial charge in [0.25, 0.3) is 0 Å². The van der Waals surface area contributed by atoms with Gasteiger partial charge in [-0.3, -0.25) is 0 Å². The Bertz CT molecular complexity index is 406. The van der Waals surface area contributed by atoms with Gasteiger partial charge < -0.3 is 15.2 Å². The molecule has 0 saturated carbocycles. The van der Waals surface area contributed by atoms with Crippen molar-refractivity contribution in [3.63, 3.8) is 0 Å². The van der Waals surface area contributed by atoms with Crippen LogP contribution in [0.2, 0.25) is 0 Å². The minimum Gasteiger partial charge on any atom is -0.444 e. The third kappa shape index (κ3) is 5.75. The van der Waals surface area contributed by atoms with Crippen LogP contribution < -0.4 is 5.32 Å². The highest BCUT2D eigenvalue weighted by Gasteiger charge is 2.17. The van der Waals surface area contributed by atoms with Crippen molar-refractivity contribution in [3.8, 4) is 0 Å². The van der Waals surface area contributed by atoms with Gasteiger partial charge in [-0.1, -0.05) is 31.2 Å². The summed E-state index contributed by atoms with van der Waals surface area (Å²) in [5, 5.41) is 12.5. The van der Waals surface area contributed by atoms with E-state index in [4.69, 9.17) is 4.74 Å². The molecule has 4 nitrogen and oxygen atoms in total. The Hall–Kier alpha value is -1.55. The summed E-state index contributed by atoms with van der Waals surface area (Å²) >= 11 is 0. The molecule has 1 atom stereocenters. The van der Waals surface area contributed by atoms with E-state index >= 15 is 0 Å². The molecule has 106 valence electrons. The number of ether oxygens (including phenoxy) is 1. The topological polar surface area (TPSA) is 58.6 Å². The fourth-order valence-corrected chi connectivity index (χ4v) is 1.59. The van der Waals surface area contributed by atoms with E-state index in [1.165, 1.54) is 5.56 Å². The first-order chi connectivity index (χ1) is 8.81. The van der Waals surface area contributed by atoms with E-state index in [2.05, 4.69) is 12.2 Å². The van der Waals surface area contributed by atoms with Gasteiger partial charge in [-0.15, -0.1) is 0 Å². The van der Waals surface area contributed by atoms with Gasteiger partial charge in [0.1, 0.15) is 5.60 Å². The Morgan fingerprint density at radius 3 is 2.37 bits per heavy atom. The average Bonchev–Trinajstić information content (AvgIpc) is 2.34. The quantitative estimate of drug-likeness (QED) is 0.880. The van der Waals surface area contributed by atoms with Gasteiger partial charge >= 0.3 is 6.09 Å². The monoisotopic (exact) mass is 265 g/mol. The van der Waals surface area contributed by atoms with Crippen LogP contribution in [-0.4, -0.2) is 23.3 Å². The number of hydrogen-bond donors (Lipinski definition) is 2. The van der Waals surface area contributed by atoms with Gasteiger partial charge in [0.05, 0.1) is 12.6 Å². The molecule has 0 fully saturated rings. The first-order valence-corrected chi connectivity index (χ1v) is 6.55. The van der Waals surface area contributed by atoms with Crippen LogP contribution in [0.5, 0.6) is 0 Å². The van der Waals surface area contributed by atoms with Crippen LogP contribution in [0.15, 0.2) is 24.3 Å². The van der Waals surface area contributed by atoms with Gasteiger partial charge in [-0.05, 0) is 38.3 Å². The molecule has 1 unspecified atom stereocenters. The van der Waals surface area contributed by atoms with E-state index < -0.39 is 17.8 Å². The maximum Gasteiger partial charge on any atom is 0.407 e. The summed E-state index contributed by atoms with van der Waals surface area (Å²) in [6, 6.07) is 7.71. The average molecular weight is 265 g/mol. The Balaban J connectivity index is 2.46. The zero-order valence-corrected chi connectivity index (χ0v) is 12.1. The Kier molecular flexibility index (Phi) is 5.36. The van der Waals surface area contributed by atoms with E-state index in [0.717, 1.165) is 12.0 Å². The van der Waals surface area contributed by atoms with Gasteiger partial charge in [-0.25, -0.2) is 4.79 Å². The number of amides is 1. The number of aliphatic hydroxyl groups excluding tert-OH is 1. The lowest BCUT2D eigenvalue weighted by molar-refractivity contribution is 0.0492. The third-order valence-electron chi connectivity index (χ3n) is 2.61. The predicted molar refractivity (Wildman–Crippen MR) is 75.0 cm³/mol. The van der Waals surface area contributed by atoms with E-state index in [1.54, 1.807) is 20.8 Å².